The summed E-state index contributed by atoms with van der Waals surface area (Å²) in [6.07, 6.45) is 0.328. The van der Waals surface area contributed by atoms with Gasteiger partial charge < -0.3 is 19.5 Å². The Morgan fingerprint density at radius 1 is 0.872 bits per heavy atom. The molecule has 12 heteroatoms. The number of rotatable bonds is 8. The number of nitrogens with one attached hydrogen (secondary N) is 1. The molecule has 12 nitrogen and oxygen atoms in total. The normalized spacial score (nSPS) is 17.3. The predicted octanol–water partition coefficient (Wildman–Crippen LogP) is 4.52. The van der Waals surface area contributed by atoms with Gasteiger partial charge in [-0.1, -0.05) is 53.6 Å². The van der Waals surface area contributed by atoms with Crippen molar-refractivity contribution in [1.29, 1.82) is 0 Å². The fourth-order valence-electron chi connectivity index (χ4n) is 5.34. The van der Waals surface area contributed by atoms with Gasteiger partial charge in [0.2, 0.25) is 5.72 Å². The van der Waals surface area contributed by atoms with E-state index in [-0.39, 0.29) is 42.2 Å². The lowest BCUT2D eigenvalue weighted by atomic mass is 10.0. The second-order valence-corrected chi connectivity index (χ2v) is 11.3. The average Bonchev–Trinajstić information content (AvgIpc) is 3.46. The lowest BCUT2D eigenvalue weighted by Gasteiger charge is -2.35. The van der Waals surface area contributed by atoms with E-state index < -0.39 is 35.4 Å². The minimum atomic E-state index is -1.86. The summed E-state index contributed by atoms with van der Waals surface area (Å²) >= 11 is 0. The number of esters is 2. The molecule has 0 unspecified atom stereocenters. The Kier molecular flexibility index (Phi) is 8.59. The maximum Gasteiger partial charge on any atom is 0.354 e. The molecule has 6 rings (SSSR count). The van der Waals surface area contributed by atoms with Crippen LogP contribution in [-0.4, -0.2) is 56.7 Å². The number of ether oxygens (including phenoxy) is 3. The Labute approximate surface area is 269 Å². The topological polar surface area (TPSA) is 152 Å². The molecule has 238 valence electrons. The molecule has 0 saturated carbocycles. The summed E-state index contributed by atoms with van der Waals surface area (Å²) in [6, 6.07) is 22.0. The van der Waals surface area contributed by atoms with E-state index in [1.807, 2.05) is 13.8 Å². The number of anilines is 1. The van der Waals surface area contributed by atoms with Gasteiger partial charge in [-0.25, -0.2) is 28.9 Å². The Hall–Kier alpha value is -5.75. The number of aryl methyl sites for hydroxylation is 3. The van der Waals surface area contributed by atoms with Crippen molar-refractivity contribution in [2.75, 3.05) is 18.5 Å². The van der Waals surface area contributed by atoms with E-state index in [0.717, 1.165) is 15.7 Å². The second-order valence-electron chi connectivity index (χ2n) is 11.3. The number of benzene rings is 3. The van der Waals surface area contributed by atoms with E-state index in [2.05, 4.69) is 20.3 Å². The highest BCUT2D eigenvalue weighted by Crippen LogP contribution is 2.37. The molecule has 1 saturated heterocycles. The van der Waals surface area contributed by atoms with Crippen LogP contribution in [0.3, 0.4) is 0 Å². The quantitative estimate of drug-likeness (QED) is 0.242. The van der Waals surface area contributed by atoms with Crippen LogP contribution < -0.4 is 11.0 Å². The van der Waals surface area contributed by atoms with E-state index in [1.165, 1.54) is 6.20 Å². The van der Waals surface area contributed by atoms with Crippen LogP contribution >= 0.6 is 0 Å². The Balaban J connectivity index is 1.45. The molecule has 3 aromatic carbocycles. The summed E-state index contributed by atoms with van der Waals surface area (Å²) in [7, 11) is 0. The first-order valence-corrected chi connectivity index (χ1v) is 14.9. The highest BCUT2D eigenvalue weighted by Gasteiger charge is 2.52. The minimum absolute atomic E-state index is 0.000615. The molecule has 0 bridgehead atoms. The predicted molar refractivity (Wildman–Crippen MR) is 171 cm³/mol. The number of aromatic nitrogens is 4. The number of carbonyl (C=O) groups is 3. The summed E-state index contributed by atoms with van der Waals surface area (Å²) in [4.78, 5) is 67.0. The van der Waals surface area contributed by atoms with Crippen LogP contribution in [0.5, 0.6) is 0 Å². The molecule has 1 fully saturated rings. The highest BCUT2D eigenvalue weighted by molar-refractivity contribution is 6.06. The number of amides is 1. The van der Waals surface area contributed by atoms with Crippen molar-refractivity contribution in [3.05, 3.63) is 129 Å². The Morgan fingerprint density at radius 3 is 2.17 bits per heavy atom. The summed E-state index contributed by atoms with van der Waals surface area (Å²) in [5, 5.41) is 2.66. The van der Waals surface area contributed by atoms with Gasteiger partial charge in [-0.05, 0) is 57.2 Å². The number of hydrogen-bond donors (Lipinski definition) is 1. The molecule has 0 spiro atoms. The van der Waals surface area contributed by atoms with Crippen LogP contribution in [0.2, 0.25) is 0 Å². The van der Waals surface area contributed by atoms with Gasteiger partial charge in [0.1, 0.15) is 12.1 Å². The van der Waals surface area contributed by atoms with Crippen molar-refractivity contribution in [2.45, 2.75) is 39.0 Å². The number of nitrogens with zero attached hydrogens (tertiary/aromatic N) is 4. The zero-order valence-electron chi connectivity index (χ0n) is 25.9. The Bertz CT molecular complexity index is 2030. The minimum Gasteiger partial charge on any atom is -0.459 e. The second kappa shape index (κ2) is 12.9. The van der Waals surface area contributed by atoms with Crippen LogP contribution in [0.4, 0.5) is 5.82 Å². The average molecular weight is 634 g/mol. The van der Waals surface area contributed by atoms with Crippen LogP contribution in [0.1, 0.15) is 54.3 Å². The standard InChI is InChI=1S/C35H31N5O7/c1-21-9-13-25(14-10-21)32(42)46-20-27-35(17-18-45-27,47-33(43)26-15-11-22(2)12-16-26)40-30-28(36-19-23(3)37-30)29(39-34(40)44)38-31(41)24-7-5-4-6-8-24/h4-16,19,27H,17-18,20H2,1-3H3,(H,38,39,41,44)/t27-,35-/m1/s1. The third-order valence-electron chi connectivity index (χ3n) is 7.85. The van der Waals surface area contributed by atoms with Gasteiger partial charge in [0, 0.05) is 18.2 Å². The SMILES string of the molecule is Cc1ccc(C(=O)OC[C@H]2OCC[C@]2(OC(=O)c2ccc(C)cc2)n2c(=O)nc(NC(=O)c3ccccc3)c3ncc(C)nc32)cc1. The van der Waals surface area contributed by atoms with E-state index in [9.17, 15) is 19.2 Å². The maximum atomic E-state index is 14.1. The molecule has 2 aromatic heterocycles. The number of fused-ring (bicyclic) bond motifs is 1. The molecule has 5 aromatic rings. The van der Waals surface area contributed by atoms with Gasteiger partial charge in [-0.2, -0.15) is 4.98 Å². The van der Waals surface area contributed by atoms with Crippen molar-refractivity contribution < 1.29 is 28.6 Å². The molecule has 0 aliphatic carbocycles. The van der Waals surface area contributed by atoms with Gasteiger partial charge in [-0.15, -0.1) is 0 Å². The maximum absolute atomic E-state index is 14.1. The highest BCUT2D eigenvalue weighted by atomic mass is 16.6. The largest absolute Gasteiger partial charge is 0.459 e. The van der Waals surface area contributed by atoms with Crippen molar-refractivity contribution in [3.8, 4) is 0 Å². The fourth-order valence-corrected chi connectivity index (χ4v) is 5.34. The van der Waals surface area contributed by atoms with Gasteiger partial charge in [0.05, 0.1) is 23.4 Å². The van der Waals surface area contributed by atoms with Crippen molar-refractivity contribution in [1.82, 2.24) is 19.5 Å². The molecular formula is C35H31N5O7. The van der Waals surface area contributed by atoms with Crippen molar-refractivity contribution in [3.63, 3.8) is 0 Å². The summed E-state index contributed by atoms with van der Waals surface area (Å²) < 4.78 is 19.0. The zero-order chi connectivity index (χ0) is 33.1. The first-order chi connectivity index (χ1) is 22.6. The summed E-state index contributed by atoms with van der Waals surface area (Å²) in [5.74, 6) is -2.00. The molecule has 3 heterocycles. The fraction of sp³-hybridized carbons (Fsp3) is 0.229. The van der Waals surface area contributed by atoms with Crippen LogP contribution in [-0.2, 0) is 19.9 Å². The van der Waals surface area contributed by atoms with Crippen molar-refractivity contribution in [2.24, 2.45) is 0 Å². The van der Waals surface area contributed by atoms with Crippen LogP contribution in [0, 0.1) is 20.8 Å². The van der Waals surface area contributed by atoms with E-state index >= 15 is 0 Å². The van der Waals surface area contributed by atoms with Crippen molar-refractivity contribution >= 4 is 34.8 Å². The summed E-state index contributed by atoms with van der Waals surface area (Å²) in [6.45, 7) is 5.15. The molecular weight excluding hydrogens is 602 g/mol. The molecule has 1 aliphatic heterocycles. The van der Waals surface area contributed by atoms with E-state index in [0.29, 0.717) is 16.8 Å². The lowest BCUT2D eigenvalue weighted by Crippen LogP contribution is -2.53. The van der Waals surface area contributed by atoms with Gasteiger partial charge in [0.25, 0.3) is 5.91 Å². The Morgan fingerprint density at radius 2 is 1.51 bits per heavy atom. The van der Waals surface area contributed by atoms with E-state index in [4.69, 9.17) is 14.2 Å². The number of hydrogen-bond acceptors (Lipinski definition) is 10. The third-order valence-corrected chi connectivity index (χ3v) is 7.85. The molecule has 1 amide bonds. The molecule has 2 atom stereocenters. The smallest absolute Gasteiger partial charge is 0.354 e. The first kappa shape index (κ1) is 31.2. The molecule has 1 N–H and O–H groups in total. The summed E-state index contributed by atoms with van der Waals surface area (Å²) in [5.41, 5.74) is 0.566. The van der Waals surface area contributed by atoms with Gasteiger partial charge in [-0.3, -0.25) is 4.79 Å². The van der Waals surface area contributed by atoms with Crippen LogP contribution in [0.15, 0.2) is 89.9 Å². The van der Waals surface area contributed by atoms with E-state index in [1.54, 1.807) is 85.8 Å². The molecule has 47 heavy (non-hydrogen) atoms. The lowest BCUT2D eigenvalue weighted by molar-refractivity contribution is -0.124. The third kappa shape index (κ3) is 6.36. The zero-order valence-corrected chi connectivity index (χ0v) is 25.9. The van der Waals surface area contributed by atoms with Gasteiger partial charge >= 0.3 is 17.6 Å². The number of carbonyl (C=O) groups excluding carboxylic acids is 3. The molecule has 1 aliphatic rings. The first-order valence-electron chi connectivity index (χ1n) is 14.9. The molecule has 0 radical (unpaired) electrons. The van der Waals surface area contributed by atoms with Gasteiger partial charge in [0.15, 0.2) is 17.6 Å². The monoisotopic (exact) mass is 633 g/mol. The van der Waals surface area contributed by atoms with Crippen LogP contribution in [0.25, 0.3) is 11.2 Å².